The zero-order valence-corrected chi connectivity index (χ0v) is 17.6. The van der Waals surface area contributed by atoms with E-state index in [1.165, 1.54) is 11.5 Å². The Morgan fingerprint density at radius 2 is 1.62 bits per heavy atom. The Morgan fingerprint density at radius 3 is 2.25 bits per heavy atom. The number of carboxylic acids is 1. The number of amides is 1. The van der Waals surface area contributed by atoms with E-state index in [4.69, 9.17) is 5.11 Å². The molecule has 2 aromatic rings. The summed E-state index contributed by atoms with van der Waals surface area (Å²) in [4.78, 5) is 21.9. The molecule has 0 radical (unpaired) electrons. The topological polar surface area (TPSA) is 82.3 Å². The number of alkyl halides is 4. The van der Waals surface area contributed by atoms with Crippen molar-refractivity contribution < 1.29 is 36.8 Å². The van der Waals surface area contributed by atoms with Gasteiger partial charge in [0.1, 0.15) is 6.54 Å². The number of carboxylic acid groups (broad SMARTS) is 1. The van der Waals surface area contributed by atoms with Gasteiger partial charge in [0, 0.05) is 18.6 Å². The van der Waals surface area contributed by atoms with Crippen LogP contribution in [0.15, 0.2) is 48.8 Å². The molecular formula is C22H26F4N3O3+. The van der Waals surface area contributed by atoms with Crippen molar-refractivity contribution in [3.05, 3.63) is 59.9 Å². The van der Waals surface area contributed by atoms with Crippen LogP contribution in [0.3, 0.4) is 0 Å². The molecule has 1 amide bonds. The van der Waals surface area contributed by atoms with Crippen LogP contribution in [0.1, 0.15) is 37.3 Å². The highest BCUT2D eigenvalue weighted by Gasteiger charge is 2.67. The number of hydrazine groups is 1. The van der Waals surface area contributed by atoms with Crippen LogP contribution in [0.5, 0.6) is 0 Å². The number of rotatable bonds is 12. The number of halogens is 4. The van der Waals surface area contributed by atoms with Gasteiger partial charge in [-0.1, -0.05) is 31.5 Å². The number of carbonyl (C=O) groups is 2. The van der Waals surface area contributed by atoms with E-state index in [1.54, 1.807) is 18.2 Å². The molecule has 0 unspecified atom stereocenters. The van der Waals surface area contributed by atoms with Gasteiger partial charge in [-0.05, 0) is 36.5 Å². The van der Waals surface area contributed by atoms with E-state index in [2.05, 4.69) is 16.9 Å². The van der Waals surface area contributed by atoms with Crippen molar-refractivity contribution in [3.8, 4) is 0 Å². The molecule has 3 N–H and O–H groups in total. The van der Waals surface area contributed by atoms with Gasteiger partial charge >= 0.3 is 23.7 Å². The summed E-state index contributed by atoms with van der Waals surface area (Å²) < 4.78 is 55.5. The van der Waals surface area contributed by atoms with Crippen LogP contribution in [-0.2, 0) is 29.0 Å². The second-order valence-electron chi connectivity index (χ2n) is 7.34. The zero-order valence-electron chi connectivity index (χ0n) is 17.6. The Bertz CT molecular complexity index is 921. The number of unbranched alkanes of at least 4 members (excludes halogenated alkanes) is 1. The molecule has 0 aliphatic heterocycles. The van der Waals surface area contributed by atoms with Crippen molar-refractivity contribution in [2.24, 2.45) is 0 Å². The van der Waals surface area contributed by atoms with E-state index >= 15 is 0 Å². The van der Waals surface area contributed by atoms with Crippen LogP contribution in [-0.4, -0.2) is 28.8 Å². The minimum atomic E-state index is -5.54. The average molecular weight is 456 g/mol. The van der Waals surface area contributed by atoms with Gasteiger partial charge < -0.3 is 5.11 Å². The van der Waals surface area contributed by atoms with Crippen molar-refractivity contribution >= 4 is 17.6 Å². The Balaban J connectivity index is 1.94. The van der Waals surface area contributed by atoms with Gasteiger partial charge in [-0.15, -0.1) is 0 Å². The molecule has 0 atom stereocenters. The molecule has 174 valence electrons. The summed E-state index contributed by atoms with van der Waals surface area (Å²) >= 11 is 0. The molecular weight excluding hydrogens is 430 g/mol. The first kappa shape index (κ1) is 25.1. The van der Waals surface area contributed by atoms with Crippen LogP contribution in [0.2, 0.25) is 0 Å². The summed E-state index contributed by atoms with van der Waals surface area (Å²) in [7, 11) is 0. The molecule has 0 saturated heterocycles. The maximum atomic E-state index is 13.6. The number of aryl methyl sites for hydroxylation is 3. The third kappa shape index (κ3) is 6.18. The van der Waals surface area contributed by atoms with Crippen molar-refractivity contribution in [2.45, 2.75) is 57.4 Å². The predicted octanol–water partition coefficient (Wildman–Crippen LogP) is 3.75. The number of hydrogen-bond acceptors (Lipinski definition) is 3. The number of carbonyl (C=O) groups excluding carboxylic acids is 1. The number of hydrogen-bond donors (Lipinski definition) is 3. The van der Waals surface area contributed by atoms with Gasteiger partial charge in [0.15, 0.2) is 12.4 Å². The molecule has 1 heterocycles. The van der Waals surface area contributed by atoms with Gasteiger partial charge in [0.2, 0.25) is 0 Å². The Labute approximate surface area is 183 Å². The van der Waals surface area contributed by atoms with Gasteiger partial charge in [0.05, 0.1) is 5.69 Å². The average Bonchev–Trinajstić information content (AvgIpc) is 2.77. The first-order valence-corrected chi connectivity index (χ1v) is 10.2. The van der Waals surface area contributed by atoms with Crippen LogP contribution in [0.25, 0.3) is 0 Å². The normalized spacial score (nSPS) is 11.8. The lowest BCUT2D eigenvalue weighted by Crippen LogP contribution is -2.57. The number of para-hydroxylation sites is 1. The molecule has 0 aliphatic carbocycles. The first-order valence-electron chi connectivity index (χ1n) is 10.2. The van der Waals surface area contributed by atoms with Crippen LogP contribution >= 0.6 is 0 Å². The van der Waals surface area contributed by atoms with E-state index in [0.717, 1.165) is 37.8 Å². The number of aromatic nitrogens is 1. The van der Waals surface area contributed by atoms with Crippen LogP contribution in [0, 0.1) is 0 Å². The van der Waals surface area contributed by atoms with E-state index in [9.17, 15) is 27.2 Å². The van der Waals surface area contributed by atoms with Crippen LogP contribution < -0.4 is 15.4 Å². The Hall–Kier alpha value is -3.17. The van der Waals surface area contributed by atoms with Gasteiger partial charge in [0.25, 0.3) is 0 Å². The minimum absolute atomic E-state index is 0.251. The van der Waals surface area contributed by atoms with Crippen LogP contribution in [0.4, 0.5) is 23.2 Å². The van der Waals surface area contributed by atoms with E-state index in [-0.39, 0.29) is 5.69 Å². The highest BCUT2D eigenvalue weighted by Crippen LogP contribution is 2.34. The summed E-state index contributed by atoms with van der Waals surface area (Å²) in [6.45, 7) is 3.09. The fourth-order valence-electron chi connectivity index (χ4n) is 2.97. The molecule has 0 spiro atoms. The first-order chi connectivity index (χ1) is 15.1. The van der Waals surface area contributed by atoms with Gasteiger partial charge in [-0.25, -0.2) is 9.36 Å². The monoisotopic (exact) mass is 456 g/mol. The number of pyridine rings is 1. The molecule has 1 aromatic heterocycles. The summed E-state index contributed by atoms with van der Waals surface area (Å²) in [6, 6.07) is 10.6. The van der Waals surface area contributed by atoms with Gasteiger partial charge in [-0.2, -0.15) is 17.6 Å². The number of anilines is 1. The molecule has 2 rings (SSSR count). The van der Waals surface area contributed by atoms with Gasteiger partial charge in [-0.3, -0.25) is 15.6 Å². The van der Waals surface area contributed by atoms with E-state index in [1.807, 2.05) is 24.5 Å². The molecule has 32 heavy (non-hydrogen) atoms. The van der Waals surface area contributed by atoms with E-state index in [0.29, 0.717) is 12.0 Å². The van der Waals surface area contributed by atoms with Crippen molar-refractivity contribution in [2.75, 3.05) is 5.43 Å². The minimum Gasteiger partial charge on any atom is -0.477 e. The highest BCUT2D eigenvalue weighted by molar-refractivity contribution is 5.92. The lowest BCUT2D eigenvalue weighted by atomic mass is 10.0. The largest absolute Gasteiger partial charge is 0.477 e. The third-order valence-corrected chi connectivity index (χ3v) is 4.92. The van der Waals surface area contributed by atoms with Crippen molar-refractivity contribution in [1.82, 2.24) is 5.43 Å². The molecule has 6 nitrogen and oxygen atoms in total. The number of benzene rings is 1. The fraction of sp³-hybridized carbons (Fsp3) is 0.409. The highest BCUT2D eigenvalue weighted by atomic mass is 19.3. The summed E-state index contributed by atoms with van der Waals surface area (Å²) in [5.74, 6) is -16.5. The lowest BCUT2D eigenvalue weighted by molar-refractivity contribution is -0.697. The second kappa shape index (κ2) is 10.9. The SMILES string of the molecule is CCCC[n+]1ccc(CCCc2ccccc2NNC(=O)C(F)(F)C(F)(F)C(=O)O)cc1. The quantitative estimate of drug-likeness (QED) is 0.258. The van der Waals surface area contributed by atoms with Crippen molar-refractivity contribution in [1.29, 1.82) is 0 Å². The molecule has 0 saturated carbocycles. The molecule has 0 aliphatic rings. The molecule has 0 fully saturated rings. The summed E-state index contributed by atoms with van der Waals surface area (Å²) in [5.41, 5.74) is 5.74. The number of nitrogens with zero attached hydrogens (tertiary/aromatic N) is 1. The molecule has 10 heteroatoms. The number of aliphatic carboxylic acids is 1. The van der Waals surface area contributed by atoms with E-state index < -0.39 is 23.7 Å². The smallest absolute Gasteiger partial charge is 0.413 e. The third-order valence-electron chi connectivity index (χ3n) is 4.92. The zero-order chi connectivity index (χ0) is 23.8. The summed E-state index contributed by atoms with van der Waals surface area (Å²) in [6.07, 6.45) is 8.27. The molecule has 0 bridgehead atoms. The Kier molecular flexibility index (Phi) is 8.56. The Morgan fingerprint density at radius 1 is 0.969 bits per heavy atom. The van der Waals surface area contributed by atoms with Crippen molar-refractivity contribution in [3.63, 3.8) is 0 Å². The summed E-state index contributed by atoms with van der Waals surface area (Å²) in [5, 5.41) is 8.27. The maximum absolute atomic E-state index is 13.6. The fourth-order valence-corrected chi connectivity index (χ4v) is 2.97. The predicted molar refractivity (Wildman–Crippen MR) is 109 cm³/mol. The lowest BCUT2D eigenvalue weighted by Gasteiger charge is -2.22. The number of nitrogens with one attached hydrogen (secondary N) is 2. The molecule has 1 aromatic carbocycles. The standard InChI is InChI=1S/C22H25F4N3O3/c1-2-3-13-29-14-11-16(12-15-29)7-6-9-17-8-4-5-10-18(17)27-28-19(30)21(23,24)22(25,26)20(31)32/h4-5,8,10-12,14-15,27H,2-3,6-7,9,13H2,1H3,(H-,28,30,31,32)/p+1. The maximum Gasteiger partial charge on any atom is 0.413 e. The second-order valence-corrected chi connectivity index (χ2v) is 7.34.